The Balaban J connectivity index is 2.22. The largest absolute Gasteiger partial charge is 0.398 e. The second kappa shape index (κ2) is 5.61. The minimum absolute atomic E-state index is 0.0785. The molecule has 1 amide bonds. The lowest BCUT2D eigenvalue weighted by Crippen LogP contribution is -2.37. The van der Waals surface area contributed by atoms with Crippen molar-refractivity contribution in [3.05, 3.63) is 23.2 Å². The van der Waals surface area contributed by atoms with E-state index in [2.05, 4.69) is 0 Å². The molecule has 2 N–H and O–H groups in total. The van der Waals surface area contributed by atoms with Crippen LogP contribution >= 0.6 is 11.6 Å². The van der Waals surface area contributed by atoms with Crippen molar-refractivity contribution < 1.29 is 13.2 Å². The zero-order chi connectivity index (χ0) is 14.9. The minimum atomic E-state index is -3.77. The summed E-state index contributed by atoms with van der Waals surface area (Å²) in [4.78, 5) is 13.6. The van der Waals surface area contributed by atoms with Crippen molar-refractivity contribution in [2.75, 3.05) is 18.0 Å². The molecule has 2 rings (SSSR count). The Morgan fingerprint density at radius 1 is 1.45 bits per heavy atom. The van der Waals surface area contributed by atoms with Crippen LogP contribution in [0.25, 0.3) is 0 Å². The number of carbonyl (C=O) groups excluding carboxylic acids is 1. The topological polar surface area (TPSA) is 80.5 Å². The molecule has 0 bridgehead atoms. The Kier molecular flexibility index (Phi) is 4.25. The fraction of sp³-hybridized carbons (Fsp3) is 0.462. The van der Waals surface area contributed by atoms with E-state index in [0.717, 1.165) is 12.8 Å². The van der Waals surface area contributed by atoms with Crippen LogP contribution in [0.4, 0.5) is 5.69 Å². The summed E-state index contributed by atoms with van der Waals surface area (Å²) in [6, 6.07) is 4.42. The Morgan fingerprint density at radius 3 is 2.65 bits per heavy atom. The van der Waals surface area contributed by atoms with Gasteiger partial charge in [0.25, 0.3) is 0 Å². The lowest BCUT2D eigenvalue weighted by Gasteiger charge is -2.20. The second-order valence-corrected chi connectivity index (χ2v) is 7.25. The summed E-state index contributed by atoms with van der Waals surface area (Å²) in [7, 11) is -3.77. The minimum Gasteiger partial charge on any atom is -0.398 e. The highest BCUT2D eigenvalue weighted by Crippen LogP contribution is 2.28. The molecule has 0 radical (unpaired) electrons. The molecular formula is C13H17ClN2O3S. The zero-order valence-electron chi connectivity index (χ0n) is 11.2. The molecule has 1 aliphatic carbocycles. The van der Waals surface area contributed by atoms with E-state index >= 15 is 0 Å². The molecular weight excluding hydrogens is 300 g/mol. The van der Waals surface area contributed by atoms with Gasteiger partial charge in [-0.15, -0.1) is 0 Å². The second-order valence-electron chi connectivity index (χ2n) is 4.85. The standard InChI is InChI=1S/C13H17ClN2O3S/c1-2-16(10-4-5-10)13(17)8-20(18,19)12-7-9(14)3-6-11(12)15/h3,6-7,10H,2,4-5,8,15H2,1H3. The average Bonchev–Trinajstić information content (AvgIpc) is 3.17. The SMILES string of the molecule is CCN(C(=O)CS(=O)(=O)c1cc(Cl)ccc1N)C1CC1. The van der Waals surface area contributed by atoms with Crippen molar-refractivity contribution in [2.24, 2.45) is 0 Å². The van der Waals surface area contributed by atoms with E-state index in [1.54, 1.807) is 4.90 Å². The smallest absolute Gasteiger partial charge is 0.238 e. The summed E-state index contributed by atoms with van der Waals surface area (Å²) >= 11 is 5.79. The molecule has 0 atom stereocenters. The first-order chi connectivity index (χ1) is 9.35. The number of hydrogen-bond acceptors (Lipinski definition) is 4. The fourth-order valence-corrected chi connectivity index (χ4v) is 3.74. The van der Waals surface area contributed by atoms with Crippen LogP contribution < -0.4 is 5.73 Å². The van der Waals surface area contributed by atoms with Gasteiger partial charge in [-0.1, -0.05) is 11.6 Å². The number of sulfone groups is 1. The third-order valence-corrected chi connectivity index (χ3v) is 5.16. The van der Waals surface area contributed by atoms with E-state index in [-0.39, 0.29) is 27.6 Å². The van der Waals surface area contributed by atoms with Crippen molar-refractivity contribution >= 4 is 33.0 Å². The Bertz CT molecular complexity index is 627. The van der Waals surface area contributed by atoms with Gasteiger partial charge in [0.15, 0.2) is 9.84 Å². The van der Waals surface area contributed by atoms with Crippen LogP contribution in [-0.4, -0.2) is 37.6 Å². The van der Waals surface area contributed by atoms with Crippen molar-refractivity contribution in [2.45, 2.75) is 30.7 Å². The number of benzene rings is 1. The summed E-state index contributed by atoms with van der Waals surface area (Å²) in [5.74, 6) is -0.948. The third-order valence-electron chi connectivity index (χ3n) is 3.27. The molecule has 1 aromatic rings. The maximum absolute atomic E-state index is 12.3. The highest BCUT2D eigenvalue weighted by molar-refractivity contribution is 7.92. The van der Waals surface area contributed by atoms with Gasteiger partial charge in [-0.3, -0.25) is 4.79 Å². The number of nitrogens with two attached hydrogens (primary N) is 1. The molecule has 1 aromatic carbocycles. The van der Waals surface area contributed by atoms with Gasteiger partial charge in [0.1, 0.15) is 5.75 Å². The number of anilines is 1. The first kappa shape index (κ1) is 15.1. The van der Waals surface area contributed by atoms with Crippen molar-refractivity contribution in [1.82, 2.24) is 4.90 Å². The van der Waals surface area contributed by atoms with Crippen LogP contribution in [0.15, 0.2) is 23.1 Å². The third kappa shape index (κ3) is 3.24. The number of nitrogens with zero attached hydrogens (tertiary/aromatic N) is 1. The predicted octanol–water partition coefficient (Wildman–Crippen LogP) is 1.71. The van der Waals surface area contributed by atoms with Crippen LogP contribution in [0.2, 0.25) is 5.02 Å². The van der Waals surface area contributed by atoms with E-state index in [0.29, 0.717) is 6.54 Å². The molecule has 0 heterocycles. The Morgan fingerprint density at radius 2 is 2.10 bits per heavy atom. The first-order valence-corrected chi connectivity index (χ1v) is 8.45. The molecule has 0 spiro atoms. The highest BCUT2D eigenvalue weighted by atomic mass is 35.5. The zero-order valence-corrected chi connectivity index (χ0v) is 12.7. The van der Waals surface area contributed by atoms with Gasteiger partial charge >= 0.3 is 0 Å². The summed E-state index contributed by atoms with van der Waals surface area (Å²) in [6.07, 6.45) is 1.89. The quantitative estimate of drug-likeness (QED) is 0.838. The molecule has 0 aliphatic heterocycles. The van der Waals surface area contributed by atoms with Crippen LogP contribution in [0.1, 0.15) is 19.8 Å². The van der Waals surface area contributed by atoms with Crippen LogP contribution in [0.5, 0.6) is 0 Å². The molecule has 20 heavy (non-hydrogen) atoms. The van der Waals surface area contributed by atoms with Gasteiger partial charge in [0.2, 0.25) is 5.91 Å². The molecule has 1 fully saturated rings. The highest BCUT2D eigenvalue weighted by Gasteiger charge is 2.34. The normalized spacial score (nSPS) is 15.1. The summed E-state index contributed by atoms with van der Waals surface area (Å²) < 4.78 is 24.6. The van der Waals surface area contributed by atoms with E-state index < -0.39 is 15.6 Å². The number of carbonyl (C=O) groups is 1. The van der Waals surface area contributed by atoms with E-state index in [9.17, 15) is 13.2 Å². The lowest BCUT2D eigenvalue weighted by molar-refractivity contribution is -0.128. The van der Waals surface area contributed by atoms with E-state index in [1.807, 2.05) is 6.92 Å². The first-order valence-electron chi connectivity index (χ1n) is 6.42. The van der Waals surface area contributed by atoms with Gasteiger partial charge in [-0.05, 0) is 38.0 Å². The molecule has 1 saturated carbocycles. The van der Waals surface area contributed by atoms with Gasteiger partial charge in [0, 0.05) is 17.6 Å². The molecule has 5 nitrogen and oxygen atoms in total. The molecule has 110 valence electrons. The maximum atomic E-state index is 12.3. The van der Waals surface area contributed by atoms with Crippen LogP contribution in [0.3, 0.4) is 0 Å². The molecule has 7 heteroatoms. The van der Waals surface area contributed by atoms with E-state index in [4.69, 9.17) is 17.3 Å². The number of amides is 1. The molecule has 0 aromatic heterocycles. The number of halogens is 1. The van der Waals surface area contributed by atoms with Crippen molar-refractivity contribution in [1.29, 1.82) is 0 Å². The van der Waals surface area contributed by atoms with Gasteiger partial charge < -0.3 is 10.6 Å². The van der Waals surface area contributed by atoms with Gasteiger partial charge in [0.05, 0.1) is 10.6 Å². The lowest BCUT2D eigenvalue weighted by atomic mass is 10.3. The van der Waals surface area contributed by atoms with E-state index in [1.165, 1.54) is 18.2 Å². The summed E-state index contributed by atoms with van der Waals surface area (Å²) in [5, 5.41) is 0.278. The fourth-order valence-electron chi connectivity index (χ4n) is 2.13. The molecule has 1 aliphatic rings. The van der Waals surface area contributed by atoms with Gasteiger partial charge in [-0.25, -0.2) is 8.42 Å². The molecule has 0 saturated heterocycles. The predicted molar refractivity (Wildman–Crippen MR) is 78.3 cm³/mol. The monoisotopic (exact) mass is 316 g/mol. The number of nitrogen functional groups attached to an aromatic ring is 1. The summed E-state index contributed by atoms with van der Waals surface area (Å²) in [5.41, 5.74) is 5.78. The Hall–Kier alpha value is -1.27. The van der Waals surface area contributed by atoms with Gasteiger partial charge in [-0.2, -0.15) is 0 Å². The summed E-state index contributed by atoms with van der Waals surface area (Å²) in [6.45, 7) is 2.36. The van der Waals surface area contributed by atoms with Crippen LogP contribution in [-0.2, 0) is 14.6 Å². The van der Waals surface area contributed by atoms with Crippen molar-refractivity contribution in [3.8, 4) is 0 Å². The van der Waals surface area contributed by atoms with Crippen molar-refractivity contribution in [3.63, 3.8) is 0 Å². The average molecular weight is 317 g/mol. The number of rotatable bonds is 5. The number of hydrogen-bond donors (Lipinski definition) is 1. The maximum Gasteiger partial charge on any atom is 0.238 e. The van der Waals surface area contributed by atoms with Crippen LogP contribution in [0, 0.1) is 0 Å². The molecule has 0 unspecified atom stereocenters. The Labute approximate surface area is 123 Å².